The second kappa shape index (κ2) is 4.17. The molecule has 1 atom stereocenters. The number of halogens is 1. The smallest absolute Gasteiger partial charge is 0.227 e. The molecule has 0 aliphatic carbocycles. The molecular weight excluding hydrogens is 219 g/mol. The summed E-state index contributed by atoms with van der Waals surface area (Å²) in [5.74, 6) is -0.220. The zero-order valence-electron chi connectivity index (χ0n) is 9.83. The van der Waals surface area contributed by atoms with Crippen LogP contribution in [0.3, 0.4) is 0 Å². The first-order chi connectivity index (χ1) is 8.04. The number of hydrogen-bond donors (Lipinski definition) is 0. The number of carbonyl (C=O) groups excluding carboxylic acids is 1. The first-order valence-electron chi connectivity index (χ1n) is 5.54. The maximum absolute atomic E-state index is 13.8. The molecule has 0 aromatic heterocycles. The van der Waals surface area contributed by atoms with Crippen LogP contribution in [0.25, 0.3) is 0 Å². The van der Waals surface area contributed by atoms with Gasteiger partial charge in [-0.25, -0.2) is 4.39 Å². The summed E-state index contributed by atoms with van der Waals surface area (Å²) in [6.45, 7) is 4.21. The zero-order chi connectivity index (χ0) is 12.6. The molecule has 17 heavy (non-hydrogen) atoms. The molecule has 1 aromatic rings. The second-order valence-electron chi connectivity index (χ2n) is 4.50. The van der Waals surface area contributed by atoms with Crippen molar-refractivity contribution in [2.24, 2.45) is 5.92 Å². The van der Waals surface area contributed by atoms with Crippen LogP contribution in [0.15, 0.2) is 12.1 Å². The average Bonchev–Trinajstić information content (AvgIpc) is 2.62. The van der Waals surface area contributed by atoms with Gasteiger partial charge >= 0.3 is 0 Å². The molecule has 2 rings (SSSR count). The number of rotatable bonds is 1. The van der Waals surface area contributed by atoms with Crippen molar-refractivity contribution in [3.8, 4) is 6.07 Å². The Balaban J connectivity index is 2.45. The van der Waals surface area contributed by atoms with Crippen LogP contribution >= 0.6 is 0 Å². The SMILES string of the molecule is Cc1c(N2CC(C)CC2=O)ccc(C#N)c1F. The molecule has 4 heteroatoms. The highest BCUT2D eigenvalue weighted by atomic mass is 19.1. The first-order valence-corrected chi connectivity index (χ1v) is 5.54. The fourth-order valence-electron chi connectivity index (χ4n) is 2.17. The largest absolute Gasteiger partial charge is 0.312 e. The van der Waals surface area contributed by atoms with E-state index in [1.54, 1.807) is 24.0 Å². The summed E-state index contributed by atoms with van der Waals surface area (Å²) in [6.07, 6.45) is 0.501. The van der Waals surface area contributed by atoms with E-state index in [4.69, 9.17) is 5.26 Å². The Bertz CT molecular complexity index is 519. The van der Waals surface area contributed by atoms with Gasteiger partial charge < -0.3 is 4.90 Å². The molecule has 3 nitrogen and oxygen atoms in total. The van der Waals surface area contributed by atoms with Gasteiger partial charge in [0, 0.05) is 24.2 Å². The fraction of sp³-hybridized carbons (Fsp3) is 0.385. The third-order valence-electron chi connectivity index (χ3n) is 3.09. The number of nitrogens with zero attached hydrogens (tertiary/aromatic N) is 2. The Morgan fingerprint density at radius 1 is 1.53 bits per heavy atom. The third-order valence-corrected chi connectivity index (χ3v) is 3.09. The summed E-state index contributed by atoms with van der Waals surface area (Å²) in [7, 11) is 0. The molecule has 0 radical (unpaired) electrons. The van der Waals surface area contributed by atoms with Crippen molar-refractivity contribution in [3.05, 3.63) is 29.1 Å². The molecule has 1 heterocycles. The number of nitriles is 1. The summed E-state index contributed by atoms with van der Waals surface area (Å²) in [5, 5.41) is 8.72. The summed E-state index contributed by atoms with van der Waals surface area (Å²) < 4.78 is 13.8. The Morgan fingerprint density at radius 2 is 2.24 bits per heavy atom. The highest BCUT2D eigenvalue weighted by Crippen LogP contribution is 2.29. The number of carbonyl (C=O) groups is 1. The normalized spacial score (nSPS) is 19.5. The first kappa shape index (κ1) is 11.6. The van der Waals surface area contributed by atoms with Gasteiger partial charge in [0.25, 0.3) is 0 Å². The molecule has 0 saturated carbocycles. The van der Waals surface area contributed by atoms with Gasteiger partial charge in [-0.3, -0.25) is 4.79 Å². The number of anilines is 1. The maximum Gasteiger partial charge on any atom is 0.227 e. The minimum Gasteiger partial charge on any atom is -0.312 e. The van der Waals surface area contributed by atoms with Gasteiger partial charge in [-0.1, -0.05) is 6.92 Å². The van der Waals surface area contributed by atoms with Crippen molar-refractivity contribution >= 4 is 11.6 Å². The fourth-order valence-corrected chi connectivity index (χ4v) is 2.17. The van der Waals surface area contributed by atoms with E-state index in [2.05, 4.69) is 0 Å². The lowest BCUT2D eigenvalue weighted by atomic mass is 10.1. The monoisotopic (exact) mass is 232 g/mol. The van der Waals surface area contributed by atoms with Crippen LogP contribution < -0.4 is 4.90 Å². The second-order valence-corrected chi connectivity index (χ2v) is 4.50. The molecule has 0 spiro atoms. The lowest BCUT2D eigenvalue weighted by Crippen LogP contribution is -2.25. The van der Waals surface area contributed by atoms with E-state index < -0.39 is 5.82 Å². The highest BCUT2D eigenvalue weighted by Gasteiger charge is 2.29. The Kier molecular flexibility index (Phi) is 2.84. The van der Waals surface area contributed by atoms with E-state index in [9.17, 15) is 9.18 Å². The van der Waals surface area contributed by atoms with E-state index in [-0.39, 0.29) is 11.5 Å². The van der Waals surface area contributed by atoms with Gasteiger partial charge in [0.15, 0.2) is 0 Å². The van der Waals surface area contributed by atoms with Crippen LogP contribution in [0.2, 0.25) is 0 Å². The predicted octanol–water partition coefficient (Wildman–Crippen LogP) is 2.38. The lowest BCUT2D eigenvalue weighted by Gasteiger charge is -2.19. The average molecular weight is 232 g/mol. The van der Waals surface area contributed by atoms with Crippen molar-refractivity contribution in [1.82, 2.24) is 0 Å². The van der Waals surface area contributed by atoms with Gasteiger partial charge in [-0.15, -0.1) is 0 Å². The van der Waals surface area contributed by atoms with Crippen LogP contribution in [0.4, 0.5) is 10.1 Å². The molecule has 1 fully saturated rings. The van der Waals surface area contributed by atoms with Crippen LogP contribution in [0.5, 0.6) is 0 Å². The standard InChI is InChI=1S/C13H13FN2O/c1-8-5-12(17)16(7-8)11-4-3-10(6-15)13(14)9(11)2/h3-4,8H,5,7H2,1-2H3. The predicted molar refractivity (Wildman–Crippen MR) is 62.0 cm³/mol. The molecular formula is C13H13FN2O. The number of hydrogen-bond acceptors (Lipinski definition) is 2. The quantitative estimate of drug-likeness (QED) is 0.746. The van der Waals surface area contributed by atoms with E-state index in [1.807, 2.05) is 6.92 Å². The van der Waals surface area contributed by atoms with Gasteiger partial charge in [-0.05, 0) is 25.0 Å². The van der Waals surface area contributed by atoms with Gasteiger partial charge in [-0.2, -0.15) is 5.26 Å². The number of benzene rings is 1. The summed E-state index contributed by atoms with van der Waals surface area (Å²) in [6, 6.07) is 4.87. The Hall–Kier alpha value is -1.89. The summed E-state index contributed by atoms with van der Waals surface area (Å²) in [5.41, 5.74) is 0.966. The maximum atomic E-state index is 13.8. The van der Waals surface area contributed by atoms with Crippen molar-refractivity contribution in [2.45, 2.75) is 20.3 Å². The minimum atomic E-state index is -0.530. The van der Waals surface area contributed by atoms with Gasteiger partial charge in [0.2, 0.25) is 5.91 Å². The molecule has 1 amide bonds. The molecule has 0 N–H and O–H groups in total. The molecule has 0 bridgehead atoms. The van der Waals surface area contributed by atoms with Crippen LogP contribution in [-0.4, -0.2) is 12.5 Å². The molecule has 1 saturated heterocycles. The van der Waals surface area contributed by atoms with Crippen LogP contribution in [-0.2, 0) is 4.79 Å². The van der Waals surface area contributed by atoms with Crippen molar-refractivity contribution in [1.29, 1.82) is 5.26 Å². The summed E-state index contributed by atoms with van der Waals surface area (Å²) in [4.78, 5) is 13.3. The summed E-state index contributed by atoms with van der Waals surface area (Å²) >= 11 is 0. The van der Waals surface area contributed by atoms with Gasteiger partial charge in [0.05, 0.1) is 5.56 Å². The molecule has 88 valence electrons. The van der Waals surface area contributed by atoms with E-state index in [0.29, 0.717) is 30.1 Å². The van der Waals surface area contributed by atoms with Gasteiger partial charge in [0.1, 0.15) is 11.9 Å². The highest BCUT2D eigenvalue weighted by molar-refractivity contribution is 5.96. The van der Waals surface area contributed by atoms with E-state index >= 15 is 0 Å². The molecule has 1 unspecified atom stereocenters. The molecule has 1 aliphatic rings. The molecule has 1 aromatic carbocycles. The lowest BCUT2D eigenvalue weighted by molar-refractivity contribution is -0.117. The van der Waals surface area contributed by atoms with Crippen LogP contribution in [0.1, 0.15) is 24.5 Å². The zero-order valence-corrected chi connectivity index (χ0v) is 9.83. The van der Waals surface area contributed by atoms with E-state index in [1.165, 1.54) is 6.07 Å². The Labute approximate surface area is 99.5 Å². The minimum absolute atomic E-state index is 0.0182. The molecule has 1 aliphatic heterocycles. The van der Waals surface area contributed by atoms with Crippen molar-refractivity contribution in [2.75, 3.05) is 11.4 Å². The Morgan fingerprint density at radius 3 is 2.76 bits per heavy atom. The van der Waals surface area contributed by atoms with Crippen molar-refractivity contribution in [3.63, 3.8) is 0 Å². The van der Waals surface area contributed by atoms with Crippen molar-refractivity contribution < 1.29 is 9.18 Å². The van der Waals surface area contributed by atoms with Crippen LogP contribution in [0, 0.1) is 30.0 Å². The van der Waals surface area contributed by atoms with E-state index in [0.717, 1.165) is 0 Å². The number of amides is 1. The topological polar surface area (TPSA) is 44.1 Å². The third kappa shape index (κ3) is 1.89.